The maximum atomic E-state index is 10.8. The molecule has 1 rings (SSSR count). The standard InChI is InChI=1S/C11H16N2O3/c1-8(2)16-7-9-5-4-6-10(13(14)15)11(9)12-3/h4-6,8,12H,7H2,1-3H3. The Morgan fingerprint density at radius 3 is 2.69 bits per heavy atom. The maximum absolute atomic E-state index is 10.8. The van der Waals surface area contributed by atoms with E-state index in [4.69, 9.17) is 4.74 Å². The van der Waals surface area contributed by atoms with E-state index in [0.717, 1.165) is 5.56 Å². The van der Waals surface area contributed by atoms with Gasteiger partial charge >= 0.3 is 0 Å². The lowest BCUT2D eigenvalue weighted by Crippen LogP contribution is -2.06. The molecule has 1 aromatic rings. The fourth-order valence-electron chi connectivity index (χ4n) is 1.40. The van der Waals surface area contributed by atoms with Gasteiger partial charge in [-0.2, -0.15) is 0 Å². The van der Waals surface area contributed by atoms with Crippen LogP contribution >= 0.6 is 0 Å². The number of para-hydroxylation sites is 1. The third-order valence-corrected chi connectivity index (χ3v) is 2.15. The molecule has 0 atom stereocenters. The number of rotatable bonds is 5. The highest BCUT2D eigenvalue weighted by molar-refractivity contribution is 5.65. The van der Waals surface area contributed by atoms with Gasteiger partial charge in [-0.1, -0.05) is 12.1 Å². The van der Waals surface area contributed by atoms with Gasteiger partial charge in [0, 0.05) is 18.7 Å². The molecule has 0 radical (unpaired) electrons. The first-order valence-electron chi connectivity index (χ1n) is 5.12. The topological polar surface area (TPSA) is 64.4 Å². The number of nitro benzene ring substituents is 1. The van der Waals surface area contributed by atoms with Crippen LogP contribution in [0.5, 0.6) is 0 Å². The van der Waals surface area contributed by atoms with Crippen molar-refractivity contribution in [2.24, 2.45) is 0 Å². The van der Waals surface area contributed by atoms with E-state index in [1.54, 1.807) is 13.1 Å². The van der Waals surface area contributed by atoms with Crippen molar-refractivity contribution >= 4 is 11.4 Å². The number of nitro groups is 1. The van der Waals surface area contributed by atoms with Crippen LogP contribution in [0.15, 0.2) is 18.2 Å². The summed E-state index contributed by atoms with van der Waals surface area (Å²) in [5, 5.41) is 13.6. The van der Waals surface area contributed by atoms with Crippen molar-refractivity contribution in [2.45, 2.75) is 26.6 Å². The smallest absolute Gasteiger partial charge is 0.292 e. The van der Waals surface area contributed by atoms with E-state index in [2.05, 4.69) is 5.32 Å². The van der Waals surface area contributed by atoms with Crippen LogP contribution in [0.1, 0.15) is 19.4 Å². The van der Waals surface area contributed by atoms with E-state index < -0.39 is 4.92 Å². The average Bonchev–Trinajstić information content (AvgIpc) is 2.25. The number of anilines is 1. The van der Waals surface area contributed by atoms with Crippen molar-refractivity contribution < 1.29 is 9.66 Å². The first kappa shape index (κ1) is 12.4. The fraction of sp³-hybridized carbons (Fsp3) is 0.455. The minimum Gasteiger partial charge on any atom is -0.382 e. The Labute approximate surface area is 94.6 Å². The van der Waals surface area contributed by atoms with E-state index in [-0.39, 0.29) is 11.8 Å². The summed E-state index contributed by atoms with van der Waals surface area (Å²) in [6.07, 6.45) is 0.101. The molecule has 1 N–H and O–H groups in total. The van der Waals surface area contributed by atoms with Crippen molar-refractivity contribution in [3.05, 3.63) is 33.9 Å². The van der Waals surface area contributed by atoms with Gasteiger partial charge in [0.15, 0.2) is 0 Å². The zero-order valence-corrected chi connectivity index (χ0v) is 9.69. The van der Waals surface area contributed by atoms with Gasteiger partial charge in [-0.15, -0.1) is 0 Å². The number of ether oxygens (including phenoxy) is 1. The molecule has 0 saturated heterocycles. The highest BCUT2D eigenvalue weighted by atomic mass is 16.6. The lowest BCUT2D eigenvalue weighted by molar-refractivity contribution is -0.384. The molecular weight excluding hydrogens is 208 g/mol. The Kier molecular flexibility index (Phi) is 4.25. The second-order valence-corrected chi connectivity index (χ2v) is 3.68. The molecule has 5 heteroatoms. The van der Waals surface area contributed by atoms with E-state index >= 15 is 0 Å². The summed E-state index contributed by atoms with van der Waals surface area (Å²) in [7, 11) is 1.67. The van der Waals surface area contributed by atoms with E-state index in [1.807, 2.05) is 19.9 Å². The summed E-state index contributed by atoms with van der Waals surface area (Å²) in [6.45, 7) is 4.22. The first-order chi connectivity index (χ1) is 7.56. The van der Waals surface area contributed by atoms with Gasteiger partial charge in [0.1, 0.15) is 5.69 Å². The number of hydrogen-bond donors (Lipinski definition) is 1. The van der Waals surface area contributed by atoms with E-state index in [1.165, 1.54) is 6.07 Å². The minimum atomic E-state index is -0.398. The molecule has 0 fully saturated rings. The lowest BCUT2D eigenvalue weighted by Gasteiger charge is -2.11. The molecule has 5 nitrogen and oxygen atoms in total. The summed E-state index contributed by atoms with van der Waals surface area (Å²) in [6, 6.07) is 4.96. The largest absolute Gasteiger partial charge is 0.382 e. The molecule has 1 aromatic carbocycles. The Bertz CT molecular complexity index is 377. The minimum absolute atomic E-state index is 0.0763. The fourth-order valence-corrected chi connectivity index (χ4v) is 1.40. The number of nitrogens with zero attached hydrogens (tertiary/aromatic N) is 1. The second-order valence-electron chi connectivity index (χ2n) is 3.68. The molecule has 0 aromatic heterocycles. The van der Waals surface area contributed by atoms with Crippen LogP contribution in [-0.2, 0) is 11.3 Å². The van der Waals surface area contributed by atoms with Crippen LogP contribution in [0.2, 0.25) is 0 Å². The van der Waals surface area contributed by atoms with E-state index in [9.17, 15) is 10.1 Å². The number of hydrogen-bond acceptors (Lipinski definition) is 4. The molecule has 0 saturated carbocycles. The normalized spacial score (nSPS) is 10.5. The average molecular weight is 224 g/mol. The van der Waals surface area contributed by atoms with E-state index in [0.29, 0.717) is 12.3 Å². The van der Waals surface area contributed by atoms with Crippen LogP contribution in [0.25, 0.3) is 0 Å². The second kappa shape index (κ2) is 5.46. The third kappa shape index (κ3) is 2.93. The molecule has 0 aliphatic rings. The lowest BCUT2D eigenvalue weighted by atomic mass is 10.1. The molecule has 88 valence electrons. The Morgan fingerprint density at radius 2 is 2.19 bits per heavy atom. The molecule has 0 unspecified atom stereocenters. The quantitative estimate of drug-likeness (QED) is 0.616. The van der Waals surface area contributed by atoms with Crippen LogP contribution < -0.4 is 5.32 Å². The maximum Gasteiger partial charge on any atom is 0.292 e. The Morgan fingerprint density at radius 1 is 1.50 bits per heavy atom. The van der Waals surface area contributed by atoms with Gasteiger partial charge in [0.05, 0.1) is 17.6 Å². The summed E-state index contributed by atoms with van der Waals surface area (Å²) in [4.78, 5) is 10.4. The highest BCUT2D eigenvalue weighted by Gasteiger charge is 2.16. The van der Waals surface area contributed by atoms with Gasteiger partial charge in [0.25, 0.3) is 5.69 Å². The van der Waals surface area contributed by atoms with Crippen LogP contribution in [-0.4, -0.2) is 18.1 Å². The van der Waals surface area contributed by atoms with Crippen molar-refractivity contribution in [1.82, 2.24) is 0 Å². The molecule has 0 aliphatic heterocycles. The van der Waals surface area contributed by atoms with Gasteiger partial charge in [-0.3, -0.25) is 10.1 Å². The zero-order valence-electron chi connectivity index (χ0n) is 9.69. The van der Waals surface area contributed by atoms with Crippen molar-refractivity contribution in [1.29, 1.82) is 0 Å². The zero-order chi connectivity index (χ0) is 12.1. The summed E-state index contributed by atoms with van der Waals surface area (Å²) in [5.74, 6) is 0. The monoisotopic (exact) mass is 224 g/mol. The van der Waals surface area contributed by atoms with Crippen LogP contribution in [0.4, 0.5) is 11.4 Å². The molecule has 0 heterocycles. The number of nitrogens with one attached hydrogen (secondary N) is 1. The predicted molar refractivity (Wildman–Crippen MR) is 62.6 cm³/mol. The number of benzene rings is 1. The summed E-state index contributed by atoms with van der Waals surface area (Å²) >= 11 is 0. The Balaban J connectivity index is 2.99. The van der Waals surface area contributed by atoms with Crippen molar-refractivity contribution in [3.63, 3.8) is 0 Å². The molecule has 0 aliphatic carbocycles. The third-order valence-electron chi connectivity index (χ3n) is 2.15. The molecular formula is C11H16N2O3. The molecule has 0 amide bonds. The van der Waals surface area contributed by atoms with Gasteiger partial charge in [0.2, 0.25) is 0 Å². The summed E-state index contributed by atoms with van der Waals surface area (Å²) < 4.78 is 5.44. The first-order valence-corrected chi connectivity index (χ1v) is 5.12. The van der Waals surface area contributed by atoms with Crippen molar-refractivity contribution in [2.75, 3.05) is 12.4 Å². The van der Waals surface area contributed by atoms with Crippen molar-refractivity contribution in [3.8, 4) is 0 Å². The molecule has 0 spiro atoms. The van der Waals surface area contributed by atoms with Crippen LogP contribution in [0.3, 0.4) is 0 Å². The molecule has 16 heavy (non-hydrogen) atoms. The highest BCUT2D eigenvalue weighted by Crippen LogP contribution is 2.28. The van der Waals surface area contributed by atoms with Gasteiger partial charge in [-0.05, 0) is 13.8 Å². The summed E-state index contributed by atoms with van der Waals surface area (Å²) in [5.41, 5.74) is 1.39. The van der Waals surface area contributed by atoms with Crippen LogP contribution in [0, 0.1) is 10.1 Å². The van der Waals surface area contributed by atoms with Gasteiger partial charge < -0.3 is 10.1 Å². The molecule has 0 bridgehead atoms. The SMILES string of the molecule is CNc1c(COC(C)C)cccc1[N+](=O)[O-]. The van der Waals surface area contributed by atoms with Gasteiger partial charge in [-0.25, -0.2) is 0 Å². The predicted octanol–water partition coefficient (Wildman–Crippen LogP) is 2.56. The Hall–Kier alpha value is -1.62.